The van der Waals surface area contributed by atoms with E-state index in [2.05, 4.69) is 104 Å². The number of hydrogen-bond donors (Lipinski definition) is 0. The van der Waals surface area contributed by atoms with Gasteiger partial charge in [-0.15, -0.1) is 6.58 Å². The lowest BCUT2D eigenvalue weighted by atomic mass is 9.75. The van der Waals surface area contributed by atoms with Crippen molar-refractivity contribution in [3.63, 3.8) is 0 Å². The summed E-state index contributed by atoms with van der Waals surface area (Å²) in [4.78, 5) is 0. The second-order valence-corrected chi connectivity index (χ2v) is 10.5. The van der Waals surface area contributed by atoms with Gasteiger partial charge in [0.1, 0.15) is 0 Å². The summed E-state index contributed by atoms with van der Waals surface area (Å²) in [5, 5.41) is 0. The first kappa shape index (κ1) is 23.0. The lowest BCUT2D eigenvalue weighted by Crippen LogP contribution is -2.13. The van der Waals surface area contributed by atoms with Gasteiger partial charge in [-0.1, -0.05) is 111 Å². The van der Waals surface area contributed by atoms with Crippen molar-refractivity contribution in [2.75, 3.05) is 0 Å². The molecule has 179 valence electrons. The highest BCUT2D eigenvalue weighted by molar-refractivity contribution is 5.81. The molecule has 1 radical (unpaired) electrons. The number of rotatable bonds is 10. The SMILES string of the molecule is C=CCCCCCCCC(c1cccc2c1Cc1ccccc1-2)C1c2c[c]ccc2-c2ccccc21. The van der Waals surface area contributed by atoms with E-state index in [9.17, 15) is 0 Å². The lowest BCUT2D eigenvalue weighted by molar-refractivity contribution is 0.509. The third-order valence-corrected chi connectivity index (χ3v) is 8.43. The van der Waals surface area contributed by atoms with E-state index in [1.54, 1.807) is 11.1 Å². The van der Waals surface area contributed by atoms with Crippen molar-refractivity contribution in [1.82, 2.24) is 0 Å². The first-order valence-electron chi connectivity index (χ1n) is 13.8. The summed E-state index contributed by atoms with van der Waals surface area (Å²) in [6, 6.07) is 35.2. The van der Waals surface area contributed by atoms with Crippen molar-refractivity contribution in [2.24, 2.45) is 0 Å². The molecule has 2 aliphatic carbocycles. The summed E-state index contributed by atoms with van der Waals surface area (Å²) in [5.74, 6) is 0.866. The van der Waals surface area contributed by atoms with Crippen molar-refractivity contribution in [3.05, 3.63) is 131 Å². The average molecular weight is 468 g/mol. The molecule has 0 spiro atoms. The van der Waals surface area contributed by atoms with Gasteiger partial charge >= 0.3 is 0 Å². The van der Waals surface area contributed by atoms with Crippen LogP contribution in [0.2, 0.25) is 0 Å². The van der Waals surface area contributed by atoms with E-state index in [1.807, 2.05) is 0 Å². The zero-order valence-corrected chi connectivity index (χ0v) is 21.2. The highest BCUT2D eigenvalue weighted by Crippen LogP contribution is 2.54. The summed E-state index contributed by atoms with van der Waals surface area (Å²) in [5.41, 5.74) is 13.2. The van der Waals surface area contributed by atoms with E-state index in [0.717, 1.165) is 12.8 Å². The molecule has 0 aromatic heterocycles. The molecule has 0 aliphatic heterocycles. The maximum atomic E-state index is 3.87. The molecule has 0 heterocycles. The smallest absolute Gasteiger partial charge is 0.0171 e. The van der Waals surface area contributed by atoms with Gasteiger partial charge in [0.2, 0.25) is 0 Å². The topological polar surface area (TPSA) is 0 Å². The lowest BCUT2D eigenvalue weighted by Gasteiger charge is -2.28. The fourth-order valence-corrected chi connectivity index (χ4v) is 6.77. The fourth-order valence-electron chi connectivity index (χ4n) is 6.77. The molecule has 4 aromatic rings. The minimum Gasteiger partial charge on any atom is -0.103 e. The number of fused-ring (bicyclic) bond motifs is 6. The normalized spacial score (nSPS) is 14.1. The Hall–Kier alpha value is -3.38. The predicted molar refractivity (Wildman–Crippen MR) is 152 cm³/mol. The summed E-state index contributed by atoms with van der Waals surface area (Å²) >= 11 is 0. The molecule has 36 heavy (non-hydrogen) atoms. The van der Waals surface area contributed by atoms with Crippen LogP contribution in [0, 0.1) is 6.07 Å². The number of allylic oxidation sites excluding steroid dienone is 1. The zero-order valence-electron chi connectivity index (χ0n) is 21.2. The molecule has 0 bridgehead atoms. The Labute approximate surface area is 216 Å². The molecule has 0 nitrogen and oxygen atoms in total. The Bertz CT molecular complexity index is 1330. The molecule has 0 heteroatoms. The quantitative estimate of drug-likeness (QED) is 0.142. The third kappa shape index (κ3) is 4.13. The molecule has 6 rings (SSSR count). The summed E-state index contributed by atoms with van der Waals surface area (Å²) in [6.07, 6.45) is 12.0. The van der Waals surface area contributed by atoms with E-state index >= 15 is 0 Å². The van der Waals surface area contributed by atoms with Gasteiger partial charge in [0.05, 0.1) is 0 Å². The maximum absolute atomic E-state index is 3.87. The van der Waals surface area contributed by atoms with Gasteiger partial charge in [0.15, 0.2) is 0 Å². The minimum atomic E-state index is 0.393. The standard InChI is InChI=1S/C36H35/c1-2-3-4-5-6-7-8-20-34(31-24-15-23-28-27-17-10-9-16-26(27)25-35(28)31)36-32-21-13-11-18-29(32)30-19-12-14-22-33(30)36/h2,9-13,15-19,21-24,34,36H,1,3-8,20,25H2. The summed E-state index contributed by atoms with van der Waals surface area (Å²) < 4.78 is 0. The molecule has 0 amide bonds. The van der Waals surface area contributed by atoms with E-state index in [0.29, 0.717) is 11.8 Å². The van der Waals surface area contributed by atoms with E-state index in [1.165, 1.54) is 77.5 Å². The van der Waals surface area contributed by atoms with Crippen LogP contribution in [0.15, 0.2) is 97.6 Å². The third-order valence-electron chi connectivity index (χ3n) is 8.43. The number of unbranched alkanes of at least 4 members (excludes halogenated alkanes) is 5. The molecular formula is C36H35. The second-order valence-electron chi connectivity index (χ2n) is 10.5. The van der Waals surface area contributed by atoms with Gasteiger partial charge in [-0.2, -0.15) is 0 Å². The molecule has 2 unspecified atom stereocenters. The molecule has 0 N–H and O–H groups in total. The Morgan fingerprint density at radius 3 is 2.42 bits per heavy atom. The van der Waals surface area contributed by atoms with Crippen molar-refractivity contribution in [2.45, 2.75) is 63.2 Å². The monoisotopic (exact) mass is 467 g/mol. The molecule has 2 aliphatic rings. The molecule has 0 fully saturated rings. The summed E-state index contributed by atoms with van der Waals surface area (Å²) in [7, 11) is 0. The Kier molecular flexibility index (Phi) is 6.60. The molecule has 0 saturated heterocycles. The summed E-state index contributed by atoms with van der Waals surface area (Å²) in [6.45, 7) is 3.87. The van der Waals surface area contributed by atoms with Crippen LogP contribution in [0.1, 0.15) is 84.6 Å². The highest BCUT2D eigenvalue weighted by Gasteiger charge is 2.36. The average Bonchev–Trinajstić information content (AvgIpc) is 3.47. The molecule has 2 atom stereocenters. The van der Waals surface area contributed by atoms with E-state index in [4.69, 9.17) is 0 Å². The van der Waals surface area contributed by atoms with Crippen LogP contribution >= 0.6 is 0 Å². The van der Waals surface area contributed by atoms with E-state index in [-0.39, 0.29) is 0 Å². The minimum absolute atomic E-state index is 0.393. The number of hydrogen-bond acceptors (Lipinski definition) is 0. The molecule has 4 aromatic carbocycles. The van der Waals surface area contributed by atoms with E-state index < -0.39 is 0 Å². The van der Waals surface area contributed by atoms with Crippen LogP contribution in [0.4, 0.5) is 0 Å². The van der Waals surface area contributed by atoms with Gasteiger partial charge in [-0.3, -0.25) is 0 Å². The largest absolute Gasteiger partial charge is 0.103 e. The van der Waals surface area contributed by atoms with Crippen molar-refractivity contribution >= 4 is 0 Å². The number of benzene rings is 4. The highest BCUT2D eigenvalue weighted by atomic mass is 14.4. The van der Waals surface area contributed by atoms with Crippen LogP contribution in [-0.2, 0) is 6.42 Å². The van der Waals surface area contributed by atoms with Crippen molar-refractivity contribution < 1.29 is 0 Å². The van der Waals surface area contributed by atoms with Gasteiger partial charge in [-0.05, 0) is 93.8 Å². The first-order valence-corrected chi connectivity index (χ1v) is 13.8. The van der Waals surface area contributed by atoms with Crippen LogP contribution in [0.25, 0.3) is 22.3 Å². The van der Waals surface area contributed by atoms with Gasteiger partial charge < -0.3 is 0 Å². The van der Waals surface area contributed by atoms with Crippen LogP contribution in [0.3, 0.4) is 0 Å². The Morgan fingerprint density at radius 1 is 0.750 bits per heavy atom. The molecular weight excluding hydrogens is 432 g/mol. The Balaban J connectivity index is 1.38. The molecule has 0 saturated carbocycles. The Morgan fingerprint density at radius 2 is 1.50 bits per heavy atom. The van der Waals surface area contributed by atoms with Crippen LogP contribution < -0.4 is 0 Å². The predicted octanol–water partition coefficient (Wildman–Crippen LogP) is 9.87. The maximum Gasteiger partial charge on any atom is 0.0171 e. The van der Waals surface area contributed by atoms with Crippen molar-refractivity contribution in [3.8, 4) is 22.3 Å². The van der Waals surface area contributed by atoms with Gasteiger partial charge in [0, 0.05) is 5.92 Å². The van der Waals surface area contributed by atoms with Gasteiger partial charge in [-0.25, -0.2) is 0 Å². The first-order chi connectivity index (χ1) is 17.9. The second kappa shape index (κ2) is 10.3. The zero-order chi connectivity index (χ0) is 24.3. The van der Waals surface area contributed by atoms with Crippen molar-refractivity contribution in [1.29, 1.82) is 0 Å². The fraction of sp³-hybridized carbons (Fsp3) is 0.278. The van der Waals surface area contributed by atoms with Crippen LogP contribution in [-0.4, -0.2) is 0 Å². The van der Waals surface area contributed by atoms with Crippen LogP contribution in [0.5, 0.6) is 0 Å². The van der Waals surface area contributed by atoms with Gasteiger partial charge in [0.25, 0.3) is 0 Å².